The van der Waals surface area contributed by atoms with Crippen LogP contribution < -0.4 is 0 Å². The van der Waals surface area contributed by atoms with Crippen molar-refractivity contribution in [2.24, 2.45) is 0 Å². The molecule has 2 aliphatic rings. The molecule has 0 aromatic carbocycles. The molecule has 0 radical (unpaired) electrons. The second-order valence-corrected chi connectivity index (χ2v) is 5.06. The lowest BCUT2D eigenvalue weighted by molar-refractivity contribution is -0.144. The minimum Gasteiger partial charge on any atom is -0.465 e. The average molecular weight is 240 g/mol. The number of carbonyl (C=O) groups excluding carboxylic acids is 1. The van der Waals surface area contributed by atoms with Crippen molar-refractivity contribution in [2.75, 3.05) is 39.3 Å². The maximum Gasteiger partial charge on any atom is 0.320 e. The molecule has 2 saturated heterocycles. The van der Waals surface area contributed by atoms with Crippen molar-refractivity contribution in [1.82, 2.24) is 9.80 Å². The minimum atomic E-state index is -0.0767. The van der Waals surface area contributed by atoms with Crippen molar-refractivity contribution < 1.29 is 9.53 Å². The van der Waals surface area contributed by atoms with Crippen LogP contribution in [-0.4, -0.2) is 61.1 Å². The summed E-state index contributed by atoms with van der Waals surface area (Å²) in [7, 11) is 0. The maximum absolute atomic E-state index is 11.4. The number of piperidine rings is 1. The summed E-state index contributed by atoms with van der Waals surface area (Å²) >= 11 is 0. The van der Waals surface area contributed by atoms with Crippen LogP contribution >= 0.6 is 0 Å². The van der Waals surface area contributed by atoms with E-state index in [4.69, 9.17) is 4.74 Å². The molecule has 0 saturated carbocycles. The lowest BCUT2D eigenvalue weighted by atomic mass is 10.0. The third kappa shape index (κ3) is 3.68. The number of hydrogen-bond donors (Lipinski definition) is 0. The SMILES string of the molecule is CCOC(=O)CN1CCC(N2CCCC2)CC1. The second-order valence-electron chi connectivity index (χ2n) is 5.06. The molecule has 17 heavy (non-hydrogen) atoms. The topological polar surface area (TPSA) is 32.8 Å². The molecule has 98 valence electrons. The van der Waals surface area contributed by atoms with Crippen LogP contribution in [0.3, 0.4) is 0 Å². The Balaban J connectivity index is 1.68. The van der Waals surface area contributed by atoms with Gasteiger partial charge in [-0.05, 0) is 45.7 Å². The Kier molecular flexibility index (Phi) is 4.80. The van der Waals surface area contributed by atoms with Gasteiger partial charge in [-0.2, -0.15) is 0 Å². The first kappa shape index (κ1) is 12.8. The molecule has 2 rings (SSSR count). The van der Waals surface area contributed by atoms with E-state index in [1.54, 1.807) is 0 Å². The first-order valence-electron chi connectivity index (χ1n) is 6.91. The molecule has 2 aliphatic heterocycles. The minimum absolute atomic E-state index is 0.0767. The molecule has 0 N–H and O–H groups in total. The van der Waals surface area contributed by atoms with Crippen molar-refractivity contribution in [2.45, 2.75) is 38.6 Å². The summed E-state index contributed by atoms with van der Waals surface area (Å²) in [5, 5.41) is 0. The molecule has 4 nitrogen and oxygen atoms in total. The molecule has 0 unspecified atom stereocenters. The number of esters is 1. The first-order valence-corrected chi connectivity index (χ1v) is 6.91. The summed E-state index contributed by atoms with van der Waals surface area (Å²) < 4.78 is 4.98. The van der Waals surface area contributed by atoms with Crippen LogP contribution in [0.2, 0.25) is 0 Å². The van der Waals surface area contributed by atoms with Gasteiger partial charge in [-0.25, -0.2) is 0 Å². The molecule has 0 bridgehead atoms. The summed E-state index contributed by atoms with van der Waals surface area (Å²) in [5.74, 6) is -0.0767. The Bertz CT molecular complexity index is 244. The number of carbonyl (C=O) groups is 1. The van der Waals surface area contributed by atoms with Crippen LogP contribution in [0.1, 0.15) is 32.6 Å². The largest absolute Gasteiger partial charge is 0.465 e. The third-order valence-electron chi connectivity index (χ3n) is 3.87. The predicted molar refractivity (Wildman–Crippen MR) is 66.9 cm³/mol. The Morgan fingerprint density at radius 1 is 1.18 bits per heavy atom. The van der Waals surface area contributed by atoms with E-state index in [0.29, 0.717) is 13.2 Å². The van der Waals surface area contributed by atoms with E-state index in [1.165, 1.54) is 38.8 Å². The van der Waals surface area contributed by atoms with Crippen molar-refractivity contribution in [1.29, 1.82) is 0 Å². The van der Waals surface area contributed by atoms with Crippen LogP contribution in [0, 0.1) is 0 Å². The van der Waals surface area contributed by atoms with E-state index in [1.807, 2.05) is 6.92 Å². The molecule has 4 heteroatoms. The molecule has 0 aromatic rings. The Hall–Kier alpha value is -0.610. The van der Waals surface area contributed by atoms with E-state index in [0.717, 1.165) is 19.1 Å². The summed E-state index contributed by atoms with van der Waals surface area (Å²) in [6, 6.07) is 0.760. The standard InChI is InChI=1S/C13H24N2O2/c1-2-17-13(16)11-14-9-5-12(6-10-14)15-7-3-4-8-15/h12H,2-11H2,1H3. The van der Waals surface area contributed by atoms with Gasteiger partial charge in [-0.1, -0.05) is 0 Å². The zero-order chi connectivity index (χ0) is 12.1. The molecule has 2 heterocycles. The number of likely N-dealkylation sites (tertiary alicyclic amines) is 2. The highest BCUT2D eigenvalue weighted by Gasteiger charge is 2.27. The summed E-state index contributed by atoms with van der Waals surface area (Å²) in [5.41, 5.74) is 0. The summed E-state index contributed by atoms with van der Waals surface area (Å²) in [6.07, 6.45) is 5.14. The van der Waals surface area contributed by atoms with Crippen molar-refractivity contribution in [3.63, 3.8) is 0 Å². The normalized spacial score (nSPS) is 24.1. The fraction of sp³-hybridized carbons (Fsp3) is 0.923. The smallest absolute Gasteiger partial charge is 0.320 e. The van der Waals surface area contributed by atoms with Crippen molar-refractivity contribution in [3.05, 3.63) is 0 Å². The molecular weight excluding hydrogens is 216 g/mol. The van der Waals surface area contributed by atoms with Gasteiger partial charge in [0.25, 0.3) is 0 Å². The zero-order valence-corrected chi connectivity index (χ0v) is 10.9. The highest BCUT2D eigenvalue weighted by atomic mass is 16.5. The Morgan fingerprint density at radius 2 is 1.82 bits per heavy atom. The van der Waals surface area contributed by atoms with Crippen LogP contribution in [0.25, 0.3) is 0 Å². The molecule has 2 fully saturated rings. The van der Waals surface area contributed by atoms with Gasteiger partial charge in [0.05, 0.1) is 13.2 Å². The second kappa shape index (κ2) is 6.36. The van der Waals surface area contributed by atoms with Gasteiger partial charge >= 0.3 is 5.97 Å². The van der Waals surface area contributed by atoms with Crippen LogP contribution in [0.15, 0.2) is 0 Å². The summed E-state index contributed by atoms with van der Waals surface area (Å²) in [6.45, 7) is 7.46. The molecule has 0 atom stereocenters. The lowest BCUT2D eigenvalue weighted by Gasteiger charge is -2.36. The monoisotopic (exact) mass is 240 g/mol. The van der Waals surface area contributed by atoms with Gasteiger partial charge in [-0.15, -0.1) is 0 Å². The van der Waals surface area contributed by atoms with Gasteiger partial charge in [0.2, 0.25) is 0 Å². The van der Waals surface area contributed by atoms with Gasteiger partial charge in [0.15, 0.2) is 0 Å². The predicted octanol–water partition coefficient (Wildman–Crippen LogP) is 1.11. The molecule has 0 aromatic heterocycles. The molecule has 0 spiro atoms. The van der Waals surface area contributed by atoms with Crippen molar-refractivity contribution in [3.8, 4) is 0 Å². The molecule has 0 amide bonds. The maximum atomic E-state index is 11.4. The quantitative estimate of drug-likeness (QED) is 0.689. The van der Waals surface area contributed by atoms with E-state index in [-0.39, 0.29) is 5.97 Å². The van der Waals surface area contributed by atoms with Crippen molar-refractivity contribution >= 4 is 5.97 Å². The van der Waals surface area contributed by atoms with Gasteiger partial charge in [0, 0.05) is 19.1 Å². The number of rotatable bonds is 4. The fourth-order valence-corrected chi connectivity index (χ4v) is 2.94. The van der Waals surface area contributed by atoms with Crippen LogP contribution in [0.5, 0.6) is 0 Å². The van der Waals surface area contributed by atoms with Crippen LogP contribution in [0.4, 0.5) is 0 Å². The number of hydrogen-bond acceptors (Lipinski definition) is 4. The Morgan fingerprint density at radius 3 is 2.41 bits per heavy atom. The first-order chi connectivity index (χ1) is 8.29. The number of nitrogens with zero attached hydrogens (tertiary/aromatic N) is 2. The average Bonchev–Trinajstić information content (AvgIpc) is 2.84. The van der Waals surface area contributed by atoms with Gasteiger partial charge in [-0.3, -0.25) is 9.69 Å². The fourth-order valence-electron chi connectivity index (χ4n) is 2.94. The van der Waals surface area contributed by atoms with Gasteiger partial charge < -0.3 is 9.64 Å². The Labute approximate surface area is 104 Å². The van der Waals surface area contributed by atoms with E-state index < -0.39 is 0 Å². The highest BCUT2D eigenvalue weighted by Crippen LogP contribution is 2.20. The third-order valence-corrected chi connectivity index (χ3v) is 3.87. The van der Waals surface area contributed by atoms with E-state index in [2.05, 4.69) is 9.80 Å². The zero-order valence-electron chi connectivity index (χ0n) is 10.9. The van der Waals surface area contributed by atoms with Gasteiger partial charge in [0.1, 0.15) is 0 Å². The summed E-state index contributed by atoms with van der Waals surface area (Å²) in [4.78, 5) is 16.2. The van der Waals surface area contributed by atoms with Crippen LogP contribution in [-0.2, 0) is 9.53 Å². The highest BCUT2D eigenvalue weighted by molar-refractivity contribution is 5.71. The number of ether oxygens (including phenoxy) is 1. The van der Waals surface area contributed by atoms with E-state index in [9.17, 15) is 4.79 Å². The van der Waals surface area contributed by atoms with E-state index >= 15 is 0 Å². The lowest BCUT2D eigenvalue weighted by Crippen LogP contribution is -2.45. The molecule has 0 aliphatic carbocycles. The molecular formula is C13H24N2O2.